The van der Waals surface area contributed by atoms with Crippen LogP contribution in [0.2, 0.25) is 0 Å². The maximum Gasteiger partial charge on any atom is 0.410 e. The molecule has 3 rings (SSSR count). The second-order valence-electron chi connectivity index (χ2n) is 8.17. The number of anilines is 2. The van der Waals surface area contributed by atoms with Gasteiger partial charge in [0.15, 0.2) is 0 Å². The Kier molecular flexibility index (Phi) is 6.96. The van der Waals surface area contributed by atoms with E-state index in [9.17, 15) is 4.79 Å². The lowest BCUT2D eigenvalue weighted by atomic mass is 10.2. The molecule has 0 unspecified atom stereocenters. The van der Waals surface area contributed by atoms with Gasteiger partial charge in [0.2, 0.25) is 0 Å². The Labute approximate surface area is 178 Å². The molecule has 0 aliphatic carbocycles. The van der Waals surface area contributed by atoms with E-state index >= 15 is 0 Å². The maximum atomic E-state index is 12.3. The van der Waals surface area contributed by atoms with Crippen LogP contribution in [0.25, 0.3) is 0 Å². The molecule has 1 fully saturated rings. The zero-order chi connectivity index (χ0) is 20.9. The van der Waals surface area contributed by atoms with E-state index in [-0.39, 0.29) is 6.09 Å². The van der Waals surface area contributed by atoms with Crippen molar-refractivity contribution < 1.29 is 9.53 Å². The topological polar surface area (TPSA) is 44.8 Å². The van der Waals surface area contributed by atoms with Crippen molar-refractivity contribution in [1.82, 2.24) is 4.90 Å². The summed E-state index contributed by atoms with van der Waals surface area (Å²) in [6, 6.07) is 17.0. The van der Waals surface area contributed by atoms with E-state index in [0.29, 0.717) is 13.1 Å². The molecule has 0 bridgehead atoms. The van der Waals surface area contributed by atoms with Crippen molar-refractivity contribution in [2.24, 2.45) is 0 Å². The molecule has 1 N–H and O–H groups in total. The zero-order valence-corrected chi connectivity index (χ0v) is 18.6. The van der Waals surface area contributed by atoms with Crippen LogP contribution in [0, 0.1) is 0 Å². The van der Waals surface area contributed by atoms with E-state index in [1.165, 1.54) is 10.5 Å². The molecule has 1 amide bonds. The summed E-state index contributed by atoms with van der Waals surface area (Å²) in [4.78, 5) is 17.6. The lowest BCUT2D eigenvalue weighted by molar-refractivity contribution is 0.0240. The van der Waals surface area contributed by atoms with Gasteiger partial charge in [-0.05, 0) is 69.0 Å². The van der Waals surface area contributed by atoms with E-state index in [1.807, 2.05) is 26.8 Å². The number of para-hydroxylation sites is 2. The van der Waals surface area contributed by atoms with Gasteiger partial charge in [-0.15, -0.1) is 0 Å². The molecule has 1 aliphatic rings. The van der Waals surface area contributed by atoms with Gasteiger partial charge in [0, 0.05) is 31.1 Å². The zero-order valence-electron chi connectivity index (χ0n) is 17.8. The minimum Gasteiger partial charge on any atom is -0.444 e. The number of ether oxygens (including phenoxy) is 1. The number of benzene rings is 2. The molecule has 0 radical (unpaired) electrons. The van der Waals surface area contributed by atoms with Gasteiger partial charge in [-0.1, -0.05) is 31.2 Å². The Balaban J connectivity index is 1.60. The smallest absolute Gasteiger partial charge is 0.410 e. The van der Waals surface area contributed by atoms with E-state index in [4.69, 9.17) is 4.74 Å². The number of carbonyl (C=O) groups is 1. The fourth-order valence-electron chi connectivity index (χ4n) is 3.20. The van der Waals surface area contributed by atoms with Crippen LogP contribution in [0.4, 0.5) is 16.2 Å². The van der Waals surface area contributed by atoms with Crippen molar-refractivity contribution in [2.45, 2.75) is 44.6 Å². The van der Waals surface area contributed by atoms with Gasteiger partial charge >= 0.3 is 6.09 Å². The van der Waals surface area contributed by atoms with Crippen molar-refractivity contribution in [3.8, 4) is 0 Å². The van der Waals surface area contributed by atoms with E-state index in [2.05, 4.69) is 59.0 Å². The molecule has 0 aromatic heterocycles. The van der Waals surface area contributed by atoms with Crippen LogP contribution in [0.5, 0.6) is 0 Å². The lowest BCUT2D eigenvalue weighted by Gasteiger charge is -2.37. The second kappa shape index (κ2) is 9.44. The molecular formula is C23H31N3O2S. The molecule has 2 aromatic rings. The van der Waals surface area contributed by atoms with Crippen LogP contribution in [0.15, 0.2) is 53.4 Å². The van der Waals surface area contributed by atoms with Crippen molar-refractivity contribution in [3.63, 3.8) is 0 Å². The van der Waals surface area contributed by atoms with E-state index < -0.39 is 5.60 Å². The molecular weight excluding hydrogens is 382 g/mol. The highest BCUT2D eigenvalue weighted by Crippen LogP contribution is 2.31. The van der Waals surface area contributed by atoms with Gasteiger partial charge < -0.3 is 19.3 Å². The number of rotatable bonds is 5. The number of amides is 1. The number of hydrogen-bond acceptors (Lipinski definition) is 5. The summed E-state index contributed by atoms with van der Waals surface area (Å²) in [6.07, 6.45) is 0.825. The summed E-state index contributed by atoms with van der Waals surface area (Å²) in [5.41, 5.74) is 3.13. The van der Waals surface area contributed by atoms with Crippen LogP contribution < -0.4 is 9.62 Å². The molecule has 2 aromatic carbocycles. The number of carbonyl (C=O) groups excluding carboxylic acids is 1. The summed E-state index contributed by atoms with van der Waals surface area (Å²) < 4.78 is 9.00. The molecule has 0 spiro atoms. The third-order valence-electron chi connectivity index (χ3n) is 4.79. The predicted molar refractivity (Wildman–Crippen MR) is 122 cm³/mol. The summed E-state index contributed by atoms with van der Waals surface area (Å²) >= 11 is 1.62. The van der Waals surface area contributed by atoms with Crippen molar-refractivity contribution >= 4 is 29.4 Å². The Morgan fingerprint density at radius 2 is 1.69 bits per heavy atom. The standard InChI is InChI=1S/C23H31N3O2S/c1-5-18-10-12-19(13-11-18)29-24-20-8-6-7-9-21(20)25-14-16-26(17-15-25)22(27)28-23(2,3)4/h6-13,24H,5,14-17H2,1-4H3. The molecule has 1 saturated heterocycles. The van der Waals surface area contributed by atoms with Crippen LogP contribution in [0.1, 0.15) is 33.3 Å². The van der Waals surface area contributed by atoms with Crippen molar-refractivity contribution in [2.75, 3.05) is 35.8 Å². The molecule has 1 heterocycles. The number of hydrogen-bond donors (Lipinski definition) is 1. The van der Waals surface area contributed by atoms with Gasteiger partial charge in [-0.25, -0.2) is 4.79 Å². The highest BCUT2D eigenvalue weighted by molar-refractivity contribution is 8.00. The molecule has 29 heavy (non-hydrogen) atoms. The van der Waals surface area contributed by atoms with Crippen molar-refractivity contribution in [3.05, 3.63) is 54.1 Å². The Morgan fingerprint density at radius 3 is 2.31 bits per heavy atom. The SMILES string of the molecule is CCc1ccc(SNc2ccccc2N2CCN(C(=O)OC(C)(C)C)CC2)cc1. The Bertz CT molecular complexity index is 810. The number of aryl methyl sites for hydroxylation is 1. The minimum absolute atomic E-state index is 0.227. The Hall–Kier alpha value is -2.34. The monoisotopic (exact) mass is 413 g/mol. The molecule has 0 atom stereocenters. The largest absolute Gasteiger partial charge is 0.444 e. The van der Waals surface area contributed by atoms with Gasteiger partial charge in [-0.3, -0.25) is 0 Å². The maximum absolute atomic E-state index is 12.3. The average molecular weight is 414 g/mol. The fraction of sp³-hybridized carbons (Fsp3) is 0.435. The lowest BCUT2D eigenvalue weighted by Crippen LogP contribution is -2.50. The van der Waals surface area contributed by atoms with Crippen molar-refractivity contribution in [1.29, 1.82) is 0 Å². The molecule has 1 aliphatic heterocycles. The van der Waals surface area contributed by atoms with Crippen LogP contribution in [0.3, 0.4) is 0 Å². The third kappa shape index (κ3) is 6.07. The highest BCUT2D eigenvalue weighted by Gasteiger charge is 2.26. The minimum atomic E-state index is -0.461. The van der Waals surface area contributed by atoms with Gasteiger partial charge in [0.05, 0.1) is 11.4 Å². The molecule has 156 valence electrons. The summed E-state index contributed by atoms with van der Waals surface area (Å²) in [6.45, 7) is 10.8. The first-order valence-corrected chi connectivity index (χ1v) is 11.0. The highest BCUT2D eigenvalue weighted by atomic mass is 32.2. The summed E-state index contributed by atoms with van der Waals surface area (Å²) in [5.74, 6) is 0. The number of nitrogens with one attached hydrogen (secondary N) is 1. The van der Waals surface area contributed by atoms with E-state index in [0.717, 1.165) is 30.9 Å². The summed E-state index contributed by atoms with van der Waals surface area (Å²) in [7, 11) is 0. The fourth-order valence-corrected chi connectivity index (χ4v) is 3.87. The van der Waals surface area contributed by atoms with Crippen LogP contribution >= 0.6 is 11.9 Å². The molecule has 5 nitrogen and oxygen atoms in total. The number of nitrogens with zero attached hydrogens (tertiary/aromatic N) is 2. The average Bonchev–Trinajstić information content (AvgIpc) is 2.72. The Morgan fingerprint density at radius 1 is 1.03 bits per heavy atom. The quantitative estimate of drug-likeness (QED) is 0.663. The number of piperazine rings is 1. The molecule has 0 saturated carbocycles. The first-order chi connectivity index (χ1) is 13.9. The predicted octanol–water partition coefficient (Wildman–Crippen LogP) is 5.43. The molecule has 6 heteroatoms. The van der Waals surface area contributed by atoms with Crippen LogP contribution in [-0.4, -0.2) is 42.8 Å². The van der Waals surface area contributed by atoms with Crippen LogP contribution in [-0.2, 0) is 11.2 Å². The second-order valence-corrected chi connectivity index (χ2v) is 9.05. The summed E-state index contributed by atoms with van der Waals surface area (Å²) in [5, 5.41) is 0. The van der Waals surface area contributed by atoms with Gasteiger partial charge in [-0.2, -0.15) is 0 Å². The normalized spacial score (nSPS) is 14.6. The first-order valence-electron chi connectivity index (χ1n) is 10.2. The van der Waals surface area contributed by atoms with Gasteiger partial charge in [0.1, 0.15) is 5.60 Å². The third-order valence-corrected chi connectivity index (χ3v) is 5.62. The van der Waals surface area contributed by atoms with E-state index in [1.54, 1.807) is 16.8 Å². The van der Waals surface area contributed by atoms with Gasteiger partial charge in [0.25, 0.3) is 0 Å². The first kappa shape index (κ1) is 21.4.